The van der Waals surface area contributed by atoms with Gasteiger partial charge in [-0.3, -0.25) is 0 Å². The number of rotatable bonds is 8. The Morgan fingerprint density at radius 2 is 1.95 bits per heavy atom. The molecule has 3 unspecified atom stereocenters. The van der Waals surface area contributed by atoms with Gasteiger partial charge in [-0.1, -0.05) is 31.9 Å². The van der Waals surface area contributed by atoms with E-state index in [4.69, 9.17) is 14.2 Å². The fourth-order valence-electron chi connectivity index (χ4n) is 6.08. The number of benzene rings is 1. The van der Waals surface area contributed by atoms with Crippen LogP contribution in [0, 0.1) is 17.8 Å². The Hall–Kier alpha value is -2.17. The number of fused-ring (bicyclic) bond motifs is 3. The van der Waals surface area contributed by atoms with Crippen molar-refractivity contribution < 1.29 is 44.5 Å². The first kappa shape index (κ1) is 28.8. The first-order valence-electron chi connectivity index (χ1n) is 13.7. The van der Waals surface area contributed by atoms with Crippen LogP contribution in [0.15, 0.2) is 17.7 Å². The molecule has 1 saturated heterocycles. The number of carbonyl (C=O) groups is 1. The van der Waals surface area contributed by atoms with Gasteiger partial charge in [-0.05, 0) is 64.0 Å². The van der Waals surface area contributed by atoms with Crippen LogP contribution in [-0.2, 0) is 11.2 Å². The molecule has 0 bridgehead atoms. The Bertz CT molecular complexity index is 1060. The summed E-state index contributed by atoms with van der Waals surface area (Å²) in [5.74, 6) is -1.42. The van der Waals surface area contributed by atoms with Crippen molar-refractivity contribution in [3.8, 4) is 11.5 Å². The number of carboxylic acids is 1. The van der Waals surface area contributed by atoms with Gasteiger partial charge >= 0.3 is 5.97 Å². The predicted molar refractivity (Wildman–Crippen MR) is 139 cm³/mol. The number of hydrogen-bond donors (Lipinski definition) is 5. The highest BCUT2D eigenvalue weighted by Gasteiger charge is 2.49. The predicted octanol–water partition coefficient (Wildman–Crippen LogP) is 3.36. The highest BCUT2D eigenvalue weighted by molar-refractivity contribution is 5.94. The smallest absolute Gasteiger partial charge is 0.339 e. The molecule has 4 rings (SSSR count). The van der Waals surface area contributed by atoms with Crippen LogP contribution in [0.3, 0.4) is 0 Å². The molecule has 2 heterocycles. The summed E-state index contributed by atoms with van der Waals surface area (Å²) in [6, 6.07) is 1.82. The molecule has 1 aromatic carbocycles. The summed E-state index contributed by atoms with van der Waals surface area (Å²) in [5.41, 5.74) is 1.83. The number of carboxylic acid groups (broad SMARTS) is 1. The molecule has 0 saturated carbocycles. The highest BCUT2D eigenvalue weighted by Crippen LogP contribution is 2.55. The van der Waals surface area contributed by atoms with E-state index in [0.717, 1.165) is 25.7 Å². The van der Waals surface area contributed by atoms with E-state index in [0.29, 0.717) is 29.2 Å². The quantitative estimate of drug-likeness (QED) is 0.317. The summed E-state index contributed by atoms with van der Waals surface area (Å²) < 4.78 is 18.3. The topological polar surface area (TPSA) is 146 Å². The zero-order valence-corrected chi connectivity index (χ0v) is 22.9. The molecule has 9 heteroatoms. The normalized spacial score (nSPS) is 32.9. The molecular weight excluding hydrogens is 492 g/mol. The van der Waals surface area contributed by atoms with E-state index in [9.17, 15) is 30.3 Å². The van der Waals surface area contributed by atoms with E-state index >= 15 is 0 Å². The minimum Gasteiger partial charge on any atom is -0.487 e. The molecule has 1 aliphatic carbocycles. The molecule has 0 aromatic heterocycles. The first-order chi connectivity index (χ1) is 17.9. The fraction of sp³-hybridized carbons (Fsp3) is 0.690. The molecule has 1 fully saturated rings. The third-order valence-corrected chi connectivity index (χ3v) is 8.68. The lowest BCUT2D eigenvalue weighted by atomic mass is 9.67. The van der Waals surface area contributed by atoms with Gasteiger partial charge in [0, 0.05) is 17.4 Å². The van der Waals surface area contributed by atoms with E-state index < -0.39 is 48.9 Å². The minimum absolute atomic E-state index is 0.0128. The summed E-state index contributed by atoms with van der Waals surface area (Å²) in [6.07, 6.45) is -0.207. The van der Waals surface area contributed by atoms with Crippen molar-refractivity contribution >= 4 is 5.97 Å². The molecule has 0 spiro atoms. The van der Waals surface area contributed by atoms with Gasteiger partial charge in [0.25, 0.3) is 0 Å². The lowest BCUT2D eigenvalue weighted by molar-refractivity contribution is -0.313. The van der Waals surface area contributed by atoms with Gasteiger partial charge < -0.3 is 39.7 Å². The second kappa shape index (κ2) is 11.1. The summed E-state index contributed by atoms with van der Waals surface area (Å²) in [5, 5.41) is 51.2. The number of aliphatic hydroxyl groups is 4. The molecule has 212 valence electrons. The molecule has 5 N–H and O–H groups in total. The molecule has 0 amide bonds. The van der Waals surface area contributed by atoms with Crippen LogP contribution in [0.25, 0.3) is 0 Å². The molecule has 0 radical (unpaired) electrons. The third kappa shape index (κ3) is 5.31. The van der Waals surface area contributed by atoms with Gasteiger partial charge in [0.1, 0.15) is 28.8 Å². The number of ether oxygens (including phenoxy) is 3. The van der Waals surface area contributed by atoms with Crippen LogP contribution in [0.5, 0.6) is 11.5 Å². The van der Waals surface area contributed by atoms with E-state index in [1.807, 2.05) is 19.9 Å². The van der Waals surface area contributed by atoms with Crippen molar-refractivity contribution in [1.29, 1.82) is 0 Å². The average Bonchev–Trinajstić information content (AvgIpc) is 2.85. The van der Waals surface area contributed by atoms with Crippen molar-refractivity contribution in [2.75, 3.05) is 6.61 Å². The van der Waals surface area contributed by atoms with Gasteiger partial charge in [0.15, 0.2) is 6.29 Å². The van der Waals surface area contributed by atoms with Gasteiger partial charge in [-0.15, -0.1) is 0 Å². The molecule has 2 aliphatic heterocycles. The first-order valence-corrected chi connectivity index (χ1v) is 13.7. The summed E-state index contributed by atoms with van der Waals surface area (Å²) in [4.78, 5) is 12.8. The van der Waals surface area contributed by atoms with Crippen LogP contribution in [0.4, 0.5) is 0 Å². The Kier molecular flexibility index (Phi) is 8.45. The van der Waals surface area contributed by atoms with Crippen LogP contribution in [0.1, 0.15) is 87.7 Å². The minimum atomic E-state index is -1.77. The number of aryl methyl sites for hydroxylation is 1. The van der Waals surface area contributed by atoms with E-state index in [-0.39, 0.29) is 23.1 Å². The monoisotopic (exact) mass is 534 g/mol. The van der Waals surface area contributed by atoms with Crippen LogP contribution >= 0.6 is 0 Å². The van der Waals surface area contributed by atoms with Gasteiger partial charge in [-0.25, -0.2) is 4.79 Å². The number of allylic oxidation sites excluding steroid dienone is 2. The zero-order valence-electron chi connectivity index (χ0n) is 22.9. The Morgan fingerprint density at radius 1 is 1.24 bits per heavy atom. The SMILES string of the molecule is CCC(C)CCc1cc2c(c(O[C@H]3O[C@H](O)[C@@H](O)[C@H](O)[C@H]3CO)c1C(=O)O)C1C=C(C)CCC1C(C)(C)O2. The van der Waals surface area contributed by atoms with Crippen molar-refractivity contribution in [3.05, 3.63) is 34.4 Å². The summed E-state index contributed by atoms with van der Waals surface area (Å²) in [6.45, 7) is 9.75. The number of aromatic carboxylic acids is 1. The van der Waals surface area contributed by atoms with Crippen molar-refractivity contribution in [1.82, 2.24) is 0 Å². The van der Waals surface area contributed by atoms with E-state index in [1.54, 1.807) is 0 Å². The third-order valence-electron chi connectivity index (χ3n) is 8.68. The highest BCUT2D eigenvalue weighted by atomic mass is 16.7. The van der Waals surface area contributed by atoms with Crippen LogP contribution < -0.4 is 9.47 Å². The van der Waals surface area contributed by atoms with Crippen LogP contribution in [-0.4, -0.2) is 68.5 Å². The second-order valence-corrected chi connectivity index (χ2v) is 11.7. The average molecular weight is 535 g/mol. The summed E-state index contributed by atoms with van der Waals surface area (Å²) in [7, 11) is 0. The Morgan fingerprint density at radius 3 is 2.58 bits per heavy atom. The van der Waals surface area contributed by atoms with E-state index in [1.165, 1.54) is 5.57 Å². The van der Waals surface area contributed by atoms with Crippen molar-refractivity contribution in [2.45, 2.75) is 103 Å². The Balaban J connectivity index is 1.91. The maximum absolute atomic E-state index is 12.8. The zero-order chi connectivity index (χ0) is 27.9. The molecule has 8 atom stereocenters. The number of hydrogen-bond acceptors (Lipinski definition) is 8. The largest absolute Gasteiger partial charge is 0.487 e. The lowest BCUT2D eigenvalue weighted by Gasteiger charge is -2.47. The van der Waals surface area contributed by atoms with Gasteiger partial charge in [-0.2, -0.15) is 0 Å². The lowest BCUT2D eigenvalue weighted by Crippen LogP contribution is -2.57. The molecule has 1 aromatic rings. The van der Waals surface area contributed by atoms with Crippen molar-refractivity contribution in [2.24, 2.45) is 17.8 Å². The fourth-order valence-corrected chi connectivity index (χ4v) is 6.08. The molecular formula is C29H42O9. The standard InChI is InChI=1S/C29H42O9/c1-6-14(2)7-9-16-12-20-22(17-11-15(3)8-10-19(17)29(4,5)38-20)25(21(16)26(33)34)36-28-18(13-30)23(31)24(32)27(35)37-28/h11-12,14,17-19,23-24,27-28,30-32,35H,6-10,13H2,1-5H3,(H,33,34)/t14?,17?,18-,19?,23-,24+,27+,28+/m1/s1. The maximum Gasteiger partial charge on any atom is 0.339 e. The van der Waals surface area contributed by atoms with E-state index in [2.05, 4.69) is 26.8 Å². The van der Waals surface area contributed by atoms with Gasteiger partial charge in [0.2, 0.25) is 6.29 Å². The Labute approximate surface area is 224 Å². The number of aliphatic hydroxyl groups excluding tert-OH is 4. The van der Waals surface area contributed by atoms with Gasteiger partial charge in [0.05, 0.1) is 18.6 Å². The molecule has 38 heavy (non-hydrogen) atoms. The maximum atomic E-state index is 12.8. The summed E-state index contributed by atoms with van der Waals surface area (Å²) >= 11 is 0. The molecule has 9 nitrogen and oxygen atoms in total. The molecule has 3 aliphatic rings. The van der Waals surface area contributed by atoms with Crippen molar-refractivity contribution in [3.63, 3.8) is 0 Å². The van der Waals surface area contributed by atoms with Crippen LogP contribution in [0.2, 0.25) is 0 Å². The second-order valence-electron chi connectivity index (χ2n) is 11.7.